The van der Waals surface area contributed by atoms with E-state index in [-0.39, 0.29) is 5.91 Å². The molecule has 4 heteroatoms. The lowest BCUT2D eigenvalue weighted by molar-refractivity contribution is 0.0764. The molecule has 1 amide bonds. The van der Waals surface area contributed by atoms with Crippen LogP contribution in [0.2, 0.25) is 5.15 Å². The Kier molecular flexibility index (Phi) is 3.45. The highest BCUT2D eigenvalue weighted by atomic mass is 35.5. The van der Waals surface area contributed by atoms with E-state index in [4.69, 9.17) is 11.6 Å². The van der Waals surface area contributed by atoms with Crippen LogP contribution in [0.25, 0.3) is 10.9 Å². The molecule has 0 spiro atoms. The van der Waals surface area contributed by atoms with Crippen LogP contribution in [0.5, 0.6) is 0 Å². The van der Waals surface area contributed by atoms with Crippen LogP contribution in [0.15, 0.2) is 43.0 Å². The minimum Gasteiger partial charge on any atom is -0.332 e. The quantitative estimate of drug-likeness (QED) is 0.634. The molecular formula is C16H15ClN2O. The number of hydrogen-bond acceptors (Lipinski definition) is 2. The Hall–Kier alpha value is -1.87. The maximum absolute atomic E-state index is 12.8. The van der Waals surface area contributed by atoms with E-state index in [1.807, 2.05) is 29.2 Å². The number of amides is 1. The van der Waals surface area contributed by atoms with Crippen LogP contribution >= 0.6 is 11.6 Å². The van der Waals surface area contributed by atoms with Crippen molar-refractivity contribution in [2.75, 3.05) is 6.54 Å². The third kappa shape index (κ3) is 2.41. The molecule has 2 aromatic rings. The number of carbonyl (C=O) groups excluding carboxylic acids is 1. The standard InChI is InChI=1S/C16H15ClN2O/c1-2-9-19(11-7-8-11)16(20)13-10-15(17)18-14-6-4-3-5-12(13)14/h2-6,10-11H,1,7-9H2. The highest BCUT2D eigenvalue weighted by Gasteiger charge is 2.32. The summed E-state index contributed by atoms with van der Waals surface area (Å²) in [6.07, 6.45) is 3.90. The van der Waals surface area contributed by atoms with Gasteiger partial charge in [-0.15, -0.1) is 6.58 Å². The number of hydrogen-bond donors (Lipinski definition) is 0. The van der Waals surface area contributed by atoms with E-state index in [9.17, 15) is 4.79 Å². The van der Waals surface area contributed by atoms with Crippen molar-refractivity contribution in [1.29, 1.82) is 0 Å². The molecule has 3 rings (SSSR count). The fourth-order valence-electron chi connectivity index (χ4n) is 2.40. The van der Waals surface area contributed by atoms with Crippen LogP contribution in [0.4, 0.5) is 0 Å². The first-order chi connectivity index (χ1) is 9.70. The van der Waals surface area contributed by atoms with Gasteiger partial charge in [-0.3, -0.25) is 4.79 Å². The highest BCUT2D eigenvalue weighted by Crippen LogP contribution is 2.30. The molecule has 1 aliphatic rings. The van der Waals surface area contributed by atoms with Crippen LogP contribution in [0.1, 0.15) is 23.2 Å². The fourth-order valence-corrected chi connectivity index (χ4v) is 2.60. The van der Waals surface area contributed by atoms with Crippen LogP contribution < -0.4 is 0 Å². The van der Waals surface area contributed by atoms with E-state index in [1.165, 1.54) is 0 Å². The molecule has 1 aromatic heterocycles. The molecule has 0 saturated heterocycles. The van der Waals surface area contributed by atoms with Gasteiger partial charge in [0.25, 0.3) is 5.91 Å². The molecule has 1 saturated carbocycles. The van der Waals surface area contributed by atoms with E-state index in [1.54, 1.807) is 12.1 Å². The topological polar surface area (TPSA) is 33.2 Å². The van der Waals surface area contributed by atoms with E-state index >= 15 is 0 Å². The lowest BCUT2D eigenvalue weighted by atomic mass is 10.1. The Balaban J connectivity index is 2.08. The van der Waals surface area contributed by atoms with Crippen LogP contribution in [0.3, 0.4) is 0 Å². The summed E-state index contributed by atoms with van der Waals surface area (Å²) in [5.74, 6) is 0.00731. The van der Waals surface area contributed by atoms with E-state index in [0.717, 1.165) is 23.7 Å². The maximum Gasteiger partial charge on any atom is 0.255 e. The number of pyridine rings is 1. The molecule has 0 N–H and O–H groups in total. The van der Waals surface area contributed by atoms with Crippen molar-refractivity contribution in [2.45, 2.75) is 18.9 Å². The van der Waals surface area contributed by atoms with Crippen molar-refractivity contribution in [1.82, 2.24) is 9.88 Å². The minimum atomic E-state index is 0.00731. The third-order valence-electron chi connectivity index (χ3n) is 3.49. The number of para-hydroxylation sites is 1. The molecule has 0 atom stereocenters. The number of benzene rings is 1. The monoisotopic (exact) mass is 286 g/mol. The average Bonchev–Trinajstić information content (AvgIpc) is 3.27. The number of carbonyl (C=O) groups is 1. The average molecular weight is 287 g/mol. The molecule has 20 heavy (non-hydrogen) atoms. The van der Waals surface area contributed by atoms with Crippen molar-refractivity contribution < 1.29 is 4.79 Å². The minimum absolute atomic E-state index is 0.00731. The number of nitrogens with zero attached hydrogens (tertiary/aromatic N) is 2. The first-order valence-corrected chi connectivity index (χ1v) is 7.05. The summed E-state index contributed by atoms with van der Waals surface area (Å²) in [7, 11) is 0. The second kappa shape index (κ2) is 5.25. The predicted octanol–water partition coefficient (Wildman–Crippen LogP) is 3.68. The Morgan fingerprint density at radius 2 is 2.20 bits per heavy atom. The maximum atomic E-state index is 12.8. The van der Waals surface area contributed by atoms with Crippen LogP contribution in [-0.2, 0) is 0 Å². The number of rotatable bonds is 4. The summed E-state index contributed by atoms with van der Waals surface area (Å²) < 4.78 is 0. The Morgan fingerprint density at radius 1 is 1.45 bits per heavy atom. The molecule has 0 aliphatic heterocycles. The molecule has 0 bridgehead atoms. The lowest BCUT2D eigenvalue weighted by Crippen LogP contribution is -2.33. The van der Waals surface area contributed by atoms with Gasteiger partial charge in [0.1, 0.15) is 5.15 Å². The molecule has 0 radical (unpaired) electrons. The van der Waals surface area contributed by atoms with Gasteiger partial charge in [0.2, 0.25) is 0 Å². The predicted molar refractivity (Wildman–Crippen MR) is 81.0 cm³/mol. The van der Waals surface area contributed by atoms with Gasteiger partial charge in [-0.25, -0.2) is 4.98 Å². The zero-order valence-electron chi connectivity index (χ0n) is 11.1. The molecular weight excluding hydrogens is 272 g/mol. The van der Waals surface area contributed by atoms with Gasteiger partial charge < -0.3 is 4.90 Å². The van der Waals surface area contributed by atoms with Crippen molar-refractivity contribution in [3.8, 4) is 0 Å². The summed E-state index contributed by atoms with van der Waals surface area (Å²) in [4.78, 5) is 18.9. The highest BCUT2D eigenvalue weighted by molar-refractivity contribution is 6.30. The molecule has 1 heterocycles. The summed E-state index contributed by atoms with van der Waals surface area (Å²) >= 11 is 6.04. The Labute approximate surface area is 122 Å². The van der Waals surface area contributed by atoms with Gasteiger partial charge in [0, 0.05) is 18.0 Å². The lowest BCUT2D eigenvalue weighted by Gasteiger charge is -2.21. The van der Waals surface area contributed by atoms with E-state index in [2.05, 4.69) is 11.6 Å². The van der Waals surface area contributed by atoms with Gasteiger partial charge in [-0.05, 0) is 25.0 Å². The molecule has 1 aliphatic carbocycles. The van der Waals surface area contributed by atoms with Gasteiger partial charge in [-0.2, -0.15) is 0 Å². The zero-order chi connectivity index (χ0) is 14.1. The molecule has 102 valence electrons. The largest absolute Gasteiger partial charge is 0.332 e. The Bertz CT molecular complexity index is 679. The second-order valence-electron chi connectivity index (χ2n) is 4.99. The van der Waals surface area contributed by atoms with Crippen LogP contribution in [0, 0.1) is 0 Å². The first kappa shape index (κ1) is 13.1. The molecule has 0 unspecified atom stereocenters. The number of fused-ring (bicyclic) bond motifs is 1. The zero-order valence-corrected chi connectivity index (χ0v) is 11.8. The summed E-state index contributed by atoms with van der Waals surface area (Å²) in [6.45, 7) is 4.30. The van der Waals surface area contributed by atoms with Crippen molar-refractivity contribution in [2.24, 2.45) is 0 Å². The smallest absolute Gasteiger partial charge is 0.255 e. The van der Waals surface area contributed by atoms with Gasteiger partial charge in [0.05, 0.1) is 11.1 Å². The number of aromatic nitrogens is 1. The fraction of sp³-hybridized carbons (Fsp3) is 0.250. The van der Waals surface area contributed by atoms with Gasteiger partial charge in [0.15, 0.2) is 0 Å². The SMILES string of the molecule is C=CCN(C(=O)c1cc(Cl)nc2ccccc12)C1CC1. The van der Waals surface area contributed by atoms with Crippen molar-refractivity contribution in [3.05, 3.63) is 53.7 Å². The van der Waals surface area contributed by atoms with Crippen LogP contribution in [-0.4, -0.2) is 28.4 Å². The van der Waals surface area contributed by atoms with E-state index in [0.29, 0.717) is 23.3 Å². The third-order valence-corrected chi connectivity index (χ3v) is 3.68. The first-order valence-electron chi connectivity index (χ1n) is 6.68. The summed E-state index contributed by atoms with van der Waals surface area (Å²) in [6, 6.07) is 9.57. The Morgan fingerprint density at radius 3 is 2.90 bits per heavy atom. The second-order valence-corrected chi connectivity index (χ2v) is 5.37. The normalized spacial score (nSPS) is 14.2. The van der Waals surface area contributed by atoms with Gasteiger partial charge >= 0.3 is 0 Å². The van der Waals surface area contributed by atoms with Crippen molar-refractivity contribution in [3.63, 3.8) is 0 Å². The molecule has 1 aromatic carbocycles. The summed E-state index contributed by atoms with van der Waals surface area (Å²) in [5, 5.41) is 1.19. The molecule has 1 fully saturated rings. The van der Waals surface area contributed by atoms with Crippen molar-refractivity contribution >= 4 is 28.4 Å². The molecule has 3 nitrogen and oxygen atoms in total. The van der Waals surface area contributed by atoms with Gasteiger partial charge in [-0.1, -0.05) is 35.9 Å². The van der Waals surface area contributed by atoms with E-state index < -0.39 is 0 Å². The summed E-state index contributed by atoms with van der Waals surface area (Å²) in [5.41, 5.74) is 1.37. The number of halogens is 1.